The molecule has 6 heteroatoms. The molecule has 0 atom stereocenters. The van der Waals surface area contributed by atoms with Crippen molar-refractivity contribution in [1.29, 1.82) is 0 Å². The van der Waals surface area contributed by atoms with Gasteiger partial charge in [-0.15, -0.1) is 0 Å². The number of anilines is 1. The highest BCUT2D eigenvalue weighted by molar-refractivity contribution is 6.29. The molecule has 2 rings (SSSR count). The van der Waals surface area contributed by atoms with Crippen LogP contribution in [0.1, 0.15) is 29.9 Å². The maximum atomic E-state index is 12.3. The number of hydrogen-bond acceptors (Lipinski definition) is 4. The lowest BCUT2D eigenvalue weighted by molar-refractivity contribution is 0.102. The highest BCUT2D eigenvalue weighted by atomic mass is 35.5. The summed E-state index contributed by atoms with van der Waals surface area (Å²) < 4.78 is 5.38. The first-order valence-electron chi connectivity index (χ1n) is 6.69. The quantitative estimate of drug-likeness (QED) is 0.860. The van der Waals surface area contributed by atoms with Crippen molar-refractivity contribution in [1.82, 2.24) is 9.97 Å². The van der Waals surface area contributed by atoms with E-state index in [1.165, 1.54) is 6.07 Å². The van der Waals surface area contributed by atoms with Crippen LogP contribution < -0.4 is 10.1 Å². The number of carbonyl (C=O) groups excluding carboxylic acids is 1. The molecule has 0 unspecified atom stereocenters. The van der Waals surface area contributed by atoms with Crippen LogP contribution in [0.15, 0.2) is 30.5 Å². The monoisotopic (exact) mass is 305 g/mol. The first kappa shape index (κ1) is 15.3. The molecule has 0 bridgehead atoms. The predicted molar refractivity (Wildman–Crippen MR) is 82.0 cm³/mol. The lowest BCUT2D eigenvalue weighted by atomic mass is 10.2. The molecule has 0 radical (unpaired) electrons. The maximum absolute atomic E-state index is 12.3. The van der Waals surface area contributed by atoms with Crippen LogP contribution in [0.3, 0.4) is 0 Å². The van der Waals surface area contributed by atoms with E-state index < -0.39 is 0 Å². The van der Waals surface area contributed by atoms with Gasteiger partial charge in [-0.25, -0.2) is 9.97 Å². The summed E-state index contributed by atoms with van der Waals surface area (Å²) in [5.74, 6) is 0.118. The Bertz CT molecular complexity index is 647. The first-order valence-corrected chi connectivity index (χ1v) is 7.07. The number of carbonyl (C=O) groups is 1. The van der Waals surface area contributed by atoms with E-state index in [-0.39, 0.29) is 5.91 Å². The zero-order valence-electron chi connectivity index (χ0n) is 11.9. The third kappa shape index (κ3) is 3.92. The molecule has 2 aromatic rings. The molecule has 0 spiro atoms. The van der Waals surface area contributed by atoms with Crippen LogP contribution >= 0.6 is 11.6 Å². The Labute approximate surface area is 128 Å². The number of aromatic nitrogens is 2. The maximum Gasteiger partial charge on any atom is 0.255 e. The molecule has 0 aromatic carbocycles. The summed E-state index contributed by atoms with van der Waals surface area (Å²) in [6.07, 6.45) is 2.32. The molecule has 0 aliphatic carbocycles. The number of ether oxygens (including phenoxy) is 1. The van der Waals surface area contributed by atoms with Gasteiger partial charge >= 0.3 is 0 Å². The summed E-state index contributed by atoms with van der Waals surface area (Å²) in [7, 11) is 0. The number of hydrogen-bond donors (Lipinski definition) is 1. The second kappa shape index (κ2) is 7.04. The molecule has 21 heavy (non-hydrogen) atoms. The normalized spacial score (nSPS) is 10.2. The molecular weight excluding hydrogens is 290 g/mol. The Kier molecular flexibility index (Phi) is 5.11. The van der Waals surface area contributed by atoms with E-state index in [1.807, 2.05) is 13.8 Å². The molecule has 0 aliphatic rings. The van der Waals surface area contributed by atoms with E-state index in [0.29, 0.717) is 35.3 Å². The molecule has 0 fully saturated rings. The van der Waals surface area contributed by atoms with Crippen molar-refractivity contribution in [2.24, 2.45) is 0 Å². The van der Waals surface area contributed by atoms with Crippen molar-refractivity contribution in [3.05, 3.63) is 46.9 Å². The third-order valence-electron chi connectivity index (χ3n) is 2.77. The van der Waals surface area contributed by atoms with Crippen LogP contribution in [0.25, 0.3) is 0 Å². The zero-order chi connectivity index (χ0) is 15.2. The minimum Gasteiger partial charge on any atom is -0.476 e. The number of aryl methyl sites for hydroxylation is 1. The van der Waals surface area contributed by atoms with Crippen molar-refractivity contribution < 1.29 is 9.53 Å². The van der Waals surface area contributed by atoms with E-state index in [0.717, 1.165) is 5.69 Å². The fraction of sp³-hybridized carbons (Fsp3) is 0.267. The SMILES string of the molecule is CCOc1ncccc1NC(=O)c1cc(Cl)nc(CC)c1. The van der Waals surface area contributed by atoms with Crippen LogP contribution in [0.5, 0.6) is 5.88 Å². The molecule has 1 N–H and O–H groups in total. The first-order chi connectivity index (χ1) is 10.1. The molecule has 1 amide bonds. The Hall–Kier alpha value is -2.14. The zero-order valence-corrected chi connectivity index (χ0v) is 12.6. The van der Waals surface area contributed by atoms with Gasteiger partial charge in [0.15, 0.2) is 0 Å². The lowest BCUT2D eigenvalue weighted by Gasteiger charge is -2.10. The van der Waals surface area contributed by atoms with Crippen molar-refractivity contribution in [3.63, 3.8) is 0 Å². The van der Waals surface area contributed by atoms with Gasteiger partial charge in [-0.3, -0.25) is 4.79 Å². The minimum absolute atomic E-state index is 0.275. The second-order valence-electron chi connectivity index (χ2n) is 4.27. The standard InChI is InChI=1S/C15H16ClN3O2/c1-3-11-8-10(9-13(16)18-11)14(20)19-12-6-5-7-17-15(12)21-4-2/h5-9H,3-4H2,1-2H3,(H,19,20). The second-order valence-corrected chi connectivity index (χ2v) is 4.65. The predicted octanol–water partition coefficient (Wildman–Crippen LogP) is 3.34. The van der Waals surface area contributed by atoms with Gasteiger partial charge in [0.1, 0.15) is 10.8 Å². The largest absolute Gasteiger partial charge is 0.476 e. The molecular formula is C15H16ClN3O2. The van der Waals surface area contributed by atoms with Crippen LogP contribution in [-0.4, -0.2) is 22.5 Å². The Morgan fingerprint density at radius 2 is 2.19 bits per heavy atom. The number of rotatable bonds is 5. The number of nitrogens with one attached hydrogen (secondary N) is 1. The topological polar surface area (TPSA) is 64.1 Å². The van der Waals surface area contributed by atoms with Crippen molar-refractivity contribution >= 4 is 23.2 Å². The van der Waals surface area contributed by atoms with E-state index >= 15 is 0 Å². The molecule has 5 nitrogen and oxygen atoms in total. The van der Waals surface area contributed by atoms with E-state index in [4.69, 9.17) is 16.3 Å². The Morgan fingerprint density at radius 1 is 1.38 bits per heavy atom. The molecule has 2 heterocycles. The lowest BCUT2D eigenvalue weighted by Crippen LogP contribution is -2.14. The summed E-state index contributed by atoms with van der Waals surface area (Å²) in [4.78, 5) is 20.5. The van der Waals surface area contributed by atoms with Crippen molar-refractivity contribution in [2.75, 3.05) is 11.9 Å². The van der Waals surface area contributed by atoms with E-state index in [9.17, 15) is 4.79 Å². The highest BCUT2D eigenvalue weighted by Crippen LogP contribution is 2.22. The van der Waals surface area contributed by atoms with Crippen LogP contribution in [0.4, 0.5) is 5.69 Å². The molecule has 2 aromatic heterocycles. The van der Waals surface area contributed by atoms with Crippen LogP contribution in [0.2, 0.25) is 5.15 Å². The van der Waals surface area contributed by atoms with Gasteiger partial charge in [0, 0.05) is 17.5 Å². The van der Waals surface area contributed by atoms with Gasteiger partial charge in [0.05, 0.1) is 6.61 Å². The summed E-state index contributed by atoms with van der Waals surface area (Å²) in [5.41, 5.74) is 1.75. The summed E-state index contributed by atoms with van der Waals surface area (Å²) in [6, 6.07) is 6.72. The Balaban J connectivity index is 2.24. The van der Waals surface area contributed by atoms with E-state index in [2.05, 4.69) is 15.3 Å². The molecule has 0 saturated carbocycles. The third-order valence-corrected chi connectivity index (χ3v) is 2.97. The van der Waals surface area contributed by atoms with Gasteiger partial charge in [-0.2, -0.15) is 0 Å². The average molecular weight is 306 g/mol. The van der Waals surface area contributed by atoms with Crippen LogP contribution in [-0.2, 0) is 6.42 Å². The fourth-order valence-corrected chi connectivity index (χ4v) is 2.02. The van der Waals surface area contributed by atoms with Gasteiger partial charge in [0.2, 0.25) is 5.88 Å². The molecule has 110 valence electrons. The molecule has 0 aliphatic heterocycles. The summed E-state index contributed by atoms with van der Waals surface area (Å²) in [5, 5.41) is 3.08. The van der Waals surface area contributed by atoms with Crippen LogP contribution in [0, 0.1) is 0 Å². The highest BCUT2D eigenvalue weighted by Gasteiger charge is 2.12. The van der Waals surface area contributed by atoms with Gasteiger partial charge in [0.25, 0.3) is 5.91 Å². The Morgan fingerprint density at radius 3 is 2.90 bits per heavy atom. The summed E-state index contributed by atoms with van der Waals surface area (Å²) >= 11 is 5.93. The van der Waals surface area contributed by atoms with Gasteiger partial charge in [-0.05, 0) is 37.6 Å². The van der Waals surface area contributed by atoms with E-state index in [1.54, 1.807) is 24.4 Å². The van der Waals surface area contributed by atoms with Crippen molar-refractivity contribution in [2.45, 2.75) is 20.3 Å². The number of amides is 1. The van der Waals surface area contributed by atoms with Crippen molar-refractivity contribution in [3.8, 4) is 5.88 Å². The number of nitrogens with zero attached hydrogens (tertiary/aromatic N) is 2. The minimum atomic E-state index is -0.275. The number of pyridine rings is 2. The smallest absolute Gasteiger partial charge is 0.255 e. The number of halogens is 1. The fourth-order valence-electron chi connectivity index (χ4n) is 1.80. The van der Waals surface area contributed by atoms with Gasteiger partial charge < -0.3 is 10.1 Å². The molecule has 0 saturated heterocycles. The summed E-state index contributed by atoms with van der Waals surface area (Å²) in [6.45, 7) is 4.28. The van der Waals surface area contributed by atoms with Gasteiger partial charge in [-0.1, -0.05) is 18.5 Å². The average Bonchev–Trinajstić information content (AvgIpc) is 2.48.